The number of hydrogen-bond donors (Lipinski definition) is 2. The van der Waals surface area contributed by atoms with Crippen molar-refractivity contribution in [3.05, 3.63) is 6.33 Å². The van der Waals surface area contributed by atoms with E-state index in [0.29, 0.717) is 0 Å². The number of sulfonamides is 1. The van der Waals surface area contributed by atoms with E-state index in [-0.39, 0.29) is 5.95 Å². The SMILES string of the molecule is O=S(=O)(Nc1ncn[nH]1)C(F)F. The lowest BCUT2D eigenvalue weighted by Crippen LogP contribution is -2.21. The number of rotatable bonds is 3. The number of hydrogen-bond acceptors (Lipinski definition) is 4. The van der Waals surface area contributed by atoms with Crippen LogP contribution in [0.3, 0.4) is 0 Å². The summed E-state index contributed by atoms with van der Waals surface area (Å²) in [5, 5.41) is 5.32. The third-order valence-corrected chi connectivity index (χ3v) is 1.84. The Morgan fingerprint density at radius 2 is 2.25 bits per heavy atom. The molecule has 0 spiro atoms. The van der Waals surface area contributed by atoms with Crippen LogP contribution < -0.4 is 4.72 Å². The molecule has 1 aromatic heterocycles. The van der Waals surface area contributed by atoms with Crippen LogP contribution in [0.2, 0.25) is 0 Å². The van der Waals surface area contributed by atoms with E-state index < -0.39 is 15.8 Å². The highest BCUT2D eigenvalue weighted by atomic mass is 32.2. The number of H-pyrrole nitrogens is 1. The molecule has 0 unspecified atom stereocenters. The molecule has 2 N–H and O–H groups in total. The average Bonchev–Trinajstić information content (AvgIpc) is 2.38. The maximum Gasteiger partial charge on any atom is 0.355 e. The maximum atomic E-state index is 11.7. The van der Waals surface area contributed by atoms with Crippen LogP contribution in [0.5, 0.6) is 0 Å². The van der Waals surface area contributed by atoms with Gasteiger partial charge in [-0.2, -0.15) is 18.9 Å². The van der Waals surface area contributed by atoms with E-state index in [1.807, 2.05) is 0 Å². The molecule has 0 bridgehead atoms. The molecule has 0 aromatic carbocycles. The summed E-state index contributed by atoms with van der Waals surface area (Å²) in [4.78, 5) is 3.29. The molecule has 0 saturated carbocycles. The molecule has 0 aliphatic carbocycles. The van der Waals surface area contributed by atoms with E-state index >= 15 is 0 Å². The molecule has 1 heterocycles. The molecule has 0 fully saturated rings. The summed E-state index contributed by atoms with van der Waals surface area (Å²) in [6, 6.07) is 0. The van der Waals surface area contributed by atoms with Gasteiger partial charge in [-0.05, 0) is 0 Å². The number of alkyl halides is 2. The minimum Gasteiger partial charge on any atom is -0.247 e. The van der Waals surface area contributed by atoms with Gasteiger partial charge in [-0.25, -0.2) is 18.2 Å². The molecule has 0 amide bonds. The number of halogens is 2. The molecule has 0 aliphatic rings. The zero-order chi connectivity index (χ0) is 9.19. The number of nitrogens with one attached hydrogen (secondary N) is 2. The second-order valence-corrected chi connectivity index (χ2v) is 3.39. The quantitative estimate of drug-likeness (QED) is 0.702. The van der Waals surface area contributed by atoms with Crippen LogP contribution in [0.1, 0.15) is 0 Å². The molecular weight excluding hydrogens is 194 g/mol. The van der Waals surface area contributed by atoms with E-state index in [4.69, 9.17) is 0 Å². The maximum absolute atomic E-state index is 11.7. The lowest BCUT2D eigenvalue weighted by molar-refractivity contribution is 0.236. The minimum absolute atomic E-state index is 0.338. The Hall–Kier alpha value is -1.25. The first-order valence-electron chi connectivity index (χ1n) is 2.67. The van der Waals surface area contributed by atoms with E-state index in [0.717, 1.165) is 6.33 Å². The Kier molecular flexibility index (Phi) is 2.22. The first kappa shape index (κ1) is 8.84. The normalized spacial score (nSPS) is 11.9. The van der Waals surface area contributed by atoms with Crippen molar-refractivity contribution in [3.8, 4) is 0 Å². The summed E-state index contributed by atoms with van der Waals surface area (Å²) in [5.41, 5.74) is 0. The van der Waals surface area contributed by atoms with Gasteiger partial charge >= 0.3 is 5.76 Å². The fourth-order valence-corrected chi connectivity index (χ4v) is 0.891. The van der Waals surface area contributed by atoms with Crippen molar-refractivity contribution in [2.75, 3.05) is 4.72 Å². The molecule has 12 heavy (non-hydrogen) atoms. The second-order valence-electron chi connectivity index (χ2n) is 1.74. The predicted molar refractivity (Wildman–Crippen MR) is 34.9 cm³/mol. The fourth-order valence-electron chi connectivity index (χ4n) is 0.434. The van der Waals surface area contributed by atoms with Gasteiger partial charge in [0.15, 0.2) is 0 Å². The average molecular weight is 198 g/mol. The summed E-state index contributed by atoms with van der Waals surface area (Å²) in [5.74, 6) is -3.82. The first-order chi connectivity index (χ1) is 5.52. The molecule has 0 radical (unpaired) electrons. The van der Waals surface area contributed by atoms with Crippen molar-refractivity contribution in [2.45, 2.75) is 5.76 Å². The molecule has 0 atom stereocenters. The lowest BCUT2D eigenvalue weighted by atomic mass is 11.1. The minimum atomic E-state index is -4.64. The van der Waals surface area contributed by atoms with Crippen LogP contribution in [0.25, 0.3) is 0 Å². The Labute approximate surface area is 66.1 Å². The van der Waals surface area contributed by atoms with Crippen molar-refractivity contribution in [2.24, 2.45) is 0 Å². The molecule has 9 heteroatoms. The number of aromatic amines is 1. The van der Waals surface area contributed by atoms with Gasteiger partial charge in [0.1, 0.15) is 6.33 Å². The van der Waals surface area contributed by atoms with Gasteiger partial charge < -0.3 is 0 Å². The Morgan fingerprint density at radius 1 is 1.58 bits per heavy atom. The zero-order valence-electron chi connectivity index (χ0n) is 5.53. The van der Waals surface area contributed by atoms with Crippen LogP contribution in [-0.2, 0) is 10.0 Å². The summed E-state index contributed by atoms with van der Waals surface area (Å²) in [6.07, 6.45) is 0.989. The van der Waals surface area contributed by atoms with Gasteiger partial charge in [-0.3, -0.25) is 0 Å². The monoisotopic (exact) mass is 198 g/mol. The molecule has 1 rings (SSSR count). The van der Waals surface area contributed by atoms with Gasteiger partial charge in [-0.15, -0.1) is 0 Å². The first-order valence-corrected chi connectivity index (χ1v) is 4.22. The molecule has 0 saturated heterocycles. The molecule has 68 valence electrons. The Morgan fingerprint density at radius 3 is 2.67 bits per heavy atom. The molecule has 6 nitrogen and oxygen atoms in total. The summed E-state index contributed by atoms with van der Waals surface area (Å²) in [6.45, 7) is 0. The van der Waals surface area contributed by atoms with Crippen molar-refractivity contribution in [1.29, 1.82) is 0 Å². The van der Waals surface area contributed by atoms with Crippen LogP contribution in [0.15, 0.2) is 6.33 Å². The lowest BCUT2D eigenvalue weighted by Gasteiger charge is -2.01. The van der Waals surface area contributed by atoms with E-state index in [9.17, 15) is 17.2 Å². The Balaban J connectivity index is 2.77. The summed E-state index contributed by atoms with van der Waals surface area (Å²) < 4.78 is 45.8. The highest BCUT2D eigenvalue weighted by Crippen LogP contribution is 2.07. The van der Waals surface area contributed by atoms with Gasteiger partial charge in [-0.1, -0.05) is 0 Å². The van der Waals surface area contributed by atoms with E-state index in [1.165, 1.54) is 4.72 Å². The van der Waals surface area contributed by atoms with Crippen molar-refractivity contribution in [1.82, 2.24) is 15.2 Å². The second kappa shape index (κ2) is 3.01. The highest BCUT2D eigenvalue weighted by molar-refractivity contribution is 7.92. The van der Waals surface area contributed by atoms with Crippen molar-refractivity contribution in [3.63, 3.8) is 0 Å². The van der Waals surface area contributed by atoms with Gasteiger partial charge in [0.25, 0.3) is 10.0 Å². The zero-order valence-corrected chi connectivity index (χ0v) is 6.35. The van der Waals surface area contributed by atoms with Crippen LogP contribution in [0, 0.1) is 0 Å². The molecule has 0 aliphatic heterocycles. The largest absolute Gasteiger partial charge is 0.355 e. The topological polar surface area (TPSA) is 87.7 Å². The van der Waals surface area contributed by atoms with Crippen LogP contribution >= 0.6 is 0 Å². The predicted octanol–water partition coefficient (Wildman–Crippen LogP) is -0.231. The third-order valence-electron chi connectivity index (χ3n) is 0.889. The van der Waals surface area contributed by atoms with E-state index in [1.54, 1.807) is 0 Å². The smallest absolute Gasteiger partial charge is 0.247 e. The Bertz CT molecular complexity index is 333. The van der Waals surface area contributed by atoms with Crippen molar-refractivity contribution >= 4 is 16.0 Å². The summed E-state index contributed by atoms with van der Waals surface area (Å²) in [7, 11) is -4.64. The highest BCUT2D eigenvalue weighted by Gasteiger charge is 2.24. The number of aromatic nitrogens is 3. The van der Waals surface area contributed by atoms with Crippen molar-refractivity contribution < 1.29 is 17.2 Å². The fraction of sp³-hybridized carbons (Fsp3) is 0.333. The van der Waals surface area contributed by atoms with E-state index in [2.05, 4.69) is 15.2 Å². The van der Waals surface area contributed by atoms with Crippen LogP contribution in [0.4, 0.5) is 14.7 Å². The van der Waals surface area contributed by atoms with Gasteiger partial charge in [0.05, 0.1) is 0 Å². The molecular formula is C3H4F2N4O2S. The number of nitrogens with zero attached hydrogens (tertiary/aromatic N) is 2. The standard InChI is InChI=1S/C3H4F2N4O2S/c4-2(5)12(10,11)9-3-6-1-7-8-3/h1-2H,(H2,6,7,8,9). The van der Waals surface area contributed by atoms with Gasteiger partial charge in [0, 0.05) is 0 Å². The van der Waals surface area contributed by atoms with Crippen LogP contribution in [-0.4, -0.2) is 29.4 Å². The van der Waals surface area contributed by atoms with Gasteiger partial charge in [0.2, 0.25) is 5.95 Å². The number of anilines is 1. The third kappa shape index (κ3) is 1.87. The summed E-state index contributed by atoms with van der Waals surface area (Å²) >= 11 is 0. The molecule has 1 aromatic rings.